The molecule has 3 rings (SSSR count). The number of aliphatic hydroxyl groups is 2. The van der Waals surface area contributed by atoms with Gasteiger partial charge in [0.2, 0.25) is 0 Å². The molecule has 1 aliphatic carbocycles. The number of allylic oxidation sites excluding steroid dienone is 1. The van der Waals surface area contributed by atoms with Gasteiger partial charge in [0.1, 0.15) is 5.76 Å². The van der Waals surface area contributed by atoms with E-state index in [1.165, 1.54) is 6.92 Å². The van der Waals surface area contributed by atoms with Crippen LogP contribution in [0.5, 0.6) is 17.2 Å². The Morgan fingerprint density at radius 1 is 1.00 bits per heavy atom. The first kappa shape index (κ1) is 12.5. The summed E-state index contributed by atoms with van der Waals surface area (Å²) < 4.78 is 5.38. The second-order valence-electron chi connectivity index (χ2n) is 5.12. The second-order valence-corrected chi connectivity index (χ2v) is 5.12. The minimum Gasteiger partial charge on any atom is -0.508 e. The molecule has 1 atom stereocenters. The first-order valence-corrected chi connectivity index (χ1v) is 6.15. The predicted octanol–water partition coefficient (Wildman–Crippen LogP) is 2.83. The molecular weight excluding hydrogens is 264 g/mol. The average Bonchev–Trinajstić information content (AvgIpc) is 2.80. The summed E-state index contributed by atoms with van der Waals surface area (Å²) in [7, 11) is 0. The van der Waals surface area contributed by atoms with Crippen molar-refractivity contribution in [1.82, 2.24) is 0 Å². The molecule has 1 aromatic heterocycles. The van der Waals surface area contributed by atoms with Crippen LogP contribution in [0.25, 0.3) is 16.7 Å². The van der Waals surface area contributed by atoms with Crippen molar-refractivity contribution >= 4 is 16.7 Å². The number of rotatable bonds is 0. The fraction of sp³-hybridized carbons (Fsp3) is 0.286. The monoisotopic (exact) mass is 278 g/mol. The van der Waals surface area contributed by atoms with Gasteiger partial charge in [0, 0.05) is 17.0 Å². The topological polar surface area (TPSA) is 114 Å². The van der Waals surface area contributed by atoms with Gasteiger partial charge < -0.3 is 29.9 Å². The van der Waals surface area contributed by atoms with Crippen LogP contribution in [0.15, 0.2) is 10.2 Å². The van der Waals surface area contributed by atoms with Crippen LogP contribution < -0.4 is 0 Å². The van der Waals surface area contributed by atoms with E-state index in [-0.39, 0.29) is 39.7 Å². The van der Waals surface area contributed by atoms with Gasteiger partial charge in [-0.15, -0.1) is 0 Å². The molecule has 0 aliphatic heterocycles. The van der Waals surface area contributed by atoms with Gasteiger partial charge in [0.25, 0.3) is 0 Å². The van der Waals surface area contributed by atoms with Crippen molar-refractivity contribution in [3.8, 4) is 17.2 Å². The molecule has 0 saturated carbocycles. The molecule has 5 N–H and O–H groups in total. The zero-order chi connectivity index (χ0) is 14.8. The van der Waals surface area contributed by atoms with Crippen LogP contribution in [-0.4, -0.2) is 25.5 Å². The van der Waals surface area contributed by atoms with E-state index in [4.69, 9.17) is 4.42 Å². The molecule has 1 aliphatic rings. The maximum Gasteiger partial charge on any atom is 0.197 e. The number of benzene rings is 1. The van der Waals surface area contributed by atoms with Gasteiger partial charge >= 0.3 is 0 Å². The van der Waals surface area contributed by atoms with E-state index in [0.29, 0.717) is 12.0 Å². The van der Waals surface area contributed by atoms with E-state index in [1.807, 2.05) is 0 Å². The first-order valence-electron chi connectivity index (χ1n) is 6.15. The Kier molecular flexibility index (Phi) is 2.35. The van der Waals surface area contributed by atoms with E-state index in [2.05, 4.69) is 0 Å². The summed E-state index contributed by atoms with van der Waals surface area (Å²) in [4.78, 5) is 0. The number of phenolic OH excluding ortho intramolecular Hbond substituents is 3. The van der Waals surface area contributed by atoms with Crippen molar-refractivity contribution in [2.75, 3.05) is 0 Å². The minimum atomic E-state index is -0.426. The van der Waals surface area contributed by atoms with E-state index in [1.54, 1.807) is 6.92 Å². The van der Waals surface area contributed by atoms with Gasteiger partial charge in [-0.2, -0.15) is 0 Å². The molecule has 1 unspecified atom stereocenters. The lowest BCUT2D eigenvalue weighted by Gasteiger charge is -2.17. The maximum absolute atomic E-state index is 10.1. The van der Waals surface area contributed by atoms with Crippen molar-refractivity contribution in [3.05, 3.63) is 22.6 Å². The normalized spacial score (nSPS) is 18.6. The van der Waals surface area contributed by atoms with Crippen LogP contribution in [-0.2, 0) is 6.42 Å². The molecule has 1 aromatic carbocycles. The number of phenols is 3. The highest BCUT2D eigenvalue weighted by atomic mass is 16.4. The molecule has 2 aromatic rings. The Morgan fingerprint density at radius 2 is 1.65 bits per heavy atom. The molecule has 6 heteroatoms. The van der Waals surface area contributed by atoms with Crippen LogP contribution in [0.1, 0.15) is 23.8 Å². The molecule has 20 heavy (non-hydrogen) atoms. The van der Waals surface area contributed by atoms with E-state index < -0.39 is 17.3 Å². The quantitative estimate of drug-likeness (QED) is 0.374. The van der Waals surface area contributed by atoms with Gasteiger partial charge in [-0.25, -0.2) is 0 Å². The third kappa shape index (κ3) is 1.33. The molecule has 0 bridgehead atoms. The lowest BCUT2D eigenvalue weighted by Crippen LogP contribution is -2.12. The summed E-state index contributed by atoms with van der Waals surface area (Å²) in [5.41, 5.74) is 0.518. The SMILES string of the molecule is Cc1c(O)c(O)c2c3c(oc2c1O)C(O)=C(O)C(C)C3. The molecule has 0 radical (unpaired) electrons. The van der Waals surface area contributed by atoms with Gasteiger partial charge in [0.05, 0.1) is 5.39 Å². The van der Waals surface area contributed by atoms with Gasteiger partial charge in [-0.05, 0) is 13.3 Å². The number of furan rings is 1. The average molecular weight is 278 g/mol. The number of aliphatic hydroxyl groups excluding tert-OH is 2. The molecule has 106 valence electrons. The smallest absolute Gasteiger partial charge is 0.197 e. The van der Waals surface area contributed by atoms with Crippen LogP contribution in [0.3, 0.4) is 0 Å². The van der Waals surface area contributed by atoms with Crippen LogP contribution in [0.4, 0.5) is 0 Å². The van der Waals surface area contributed by atoms with Crippen molar-refractivity contribution in [3.63, 3.8) is 0 Å². The summed E-state index contributed by atoms with van der Waals surface area (Å²) in [6, 6.07) is 0. The van der Waals surface area contributed by atoms with E-state index >= 15 is 0 Å². The molecule has 1 heterocycles. The van der Waals surface area contributed by atoms with Gasteiger partial charge in [-0.1, -0.05) is 6.92 Å². The van der Waals surface area contributed by atoms with Crippen LogP contribution in [0, 0.1) is 12.8 Å². The molecule has 0 spiro atoms. The van der Waals surface area contributed by atoms with Crippen molar-refractivity contribution in [1.29, 1.82) is 0 Å². The molecular formula is C14H14O6. The molecule has 0 amide bonds. The minimum absolute atomic E-state index is 0.00574. The van der Waals surface area contributed by atoms with Crippen molar-refractivity contribution in [2.45, 2.75) is 20.3 Å². The van der Waals surface area contributed by atoms with Crippen molar-refractivity contribution in [2.24, 2.45) is 5.92 Å². The highest BCUT2D eigenvalue weighted by molar-refractivity contribution is 5.98. The number of hydrogen-bond donors (Lipinski definition) is 5. The lowest BCUT2D eigenvalue weighted by atomic mass is 9.90. The molecule has 0 saturated heterocycles. The van der Waals surface area contributed by atoms with Gasteiger partial charge in [0.15, 0.2) is 34.4 Å². The second kappa shape index (κ2) is 3.75. The zero-order valence-corrected chi connectivity index (χ0v) is 10.9. The first-order chi connectivity index (χ1) is 9.34. The molecule has 0 fully saturated rings. The van der Waals surface area contributed by atoms with Crippen LogP contribution >= 0.6 is 0 Å². The fourth-order valence-electron chi connectivity index (χ4n) is 2.60. The number of fused-ring (bicyclic) bond motifs is 3. The Balaban J connectivity index is 2.48. The maximum atomic E-state index is 10.1. The largest absolute Gasteiger partial charge is 0.508 e. The fourth-order valence-corrected chi connectivity index (χ4v) is 2.60. The standard InChI is InChI=1S/C14H14O6/c1-4-3-6-7-11(18)9(16)5(2)10(17)14(7)20-13(6)12(19)8(4)15/h4,15-19H,3H2,1-2H3. The lowest BCUT2D eigenvalue weighted by molar-refractivity contribution is 0.305. The van der Waals surface area contributed by atoms with E-state index in [0.717, 1.165) is 0 Å². The summed E-state index contributed by atoms with van der Waals surface area (Å²) in [5.74, 6) is -2.09. The molecule has 6 nitrogen and oxygen atoms in total. The summed E-state index contributed by atoms with van der Waals surface area (Å²) in [5, 5.41) is 49.7. The summed E-state index contributed by atoms with van der Waals surface area (Å²) in [6.07, 6.45) is 0.313. The third-order valence-corrected chi connectivity index (χ3v) is 3.83. The highest BCUT2D eigenvalue weighted by Gasteiger charge is 2.33. The van der Waals surface area contributed by atoms with Crippen molar-refractivity contribution < 1.29 is 29.9 Å². The van der Waals surface area contributed by atoms with Crippen LogP contribution in [0.2, 0.25) is 0 Å². The Morgan fingerprint density at radius 3 is 2.30 bits per heavy atom. The predicted molar refractivity (Wildman–Crippen MR) is 71.0 cm³/mol. The number of hydrogen-bond acceptors (Lipinski definition) is 6. The third-order valence-electron chi connectivity index (χ3n) is 3.83. The summed E-state index contributed by atoms with van der Waals surface area (Å²) >= 11 is 0. The van der Waals surface area contributed by atoms with Gasteiger partial charge in [-0.3, -0.25) is 0 Å². The Labute approximate surface area is 113 Å². The Bertz CT molecular complexity index is 768. The Hall–Kier alpha value is -2.50. The zero-order valence-electron chi connectivity index (χ0n) is 10.9. The van der Waals surface area contributed by atoms with E-state index in [9.17, 15) is 25.5 Å². The highest BCUT2D eigenvalue weighted by Crippen LogP contribution is 2.49. The summed E-state index contributed by atoms with van der Waals surface area (Å²) in [6.45, 7) is 3.14. The number of aromatic hydroxyl groups is 3.